The third-order valence-corrected chi connectivity index (χ3v) is 3.01. The Balaban J connectivity index is 4.16. The summed E-state index contributed by atoms with van der Waals surface area (Å²) >= 11 is 0. The lowest BCUT2D eigenvalue weighted by Crippen LogP contribution is -2.25. The zero-order valence-corrected chi connectivity index (χ0v) is 11.3. The van der Waals surface area contributed by atoms with Crippen LogP contribution in [0.25, 0.3) is 0 Å². The monoisotopic (exact) mass is 213 g/mol. The number of nitrogens with one attached hydrogen (secondary N) is 1. The summed E-state index contributed by atoms with van der Waals surface area (Å²) in [7, 11) is -1.25. The molecule has 3 heteroatoms. The molecule has 0 aromatic carbocycles. The zero-order chi connectivity index (χ0) is 11.4. The number of hydrogen-bond acceptors (Lipinski definition) is 2. The molecule has 0 saturated carbocycles. The van der Waals surface area contributed by atoms with Gasteiger partial charge in [0.1, 0.15) is 0 Å². The van der Waals surface area contributed by atoms with Crippen molar-refractivity contribution < 1.29 is 4.79 Å². The molecular weight excluding hydrogens is 190 g/mol. The molecular formula is C11H23NOSi. The molecule has 14 heavy (non-hydrogen) atoms. The Morgan fingerprint density at radius 2 is 1.86 bits per heavy atom. The fourth-order valence-electron chi connectivity index (χ4n) is 1.31. The summed E-state index contributed by atoms with van der Waals surface area (Å²) in [4.78, 5) is 11.6. The van der Waals surface area contributed by atoms with Crippen LogP contribution in [0.4, 0.5) is 0 Å². The van der Waals surface area contributed by atoms with Gasteiger partial charge in [-0.15, -0.1) is 0 Å². The second-order valence-corrected chi connectivity index (χ2v) is 10.8. The van der Waals surface area contributed by atoms with Gasteiger partial charge in [0.15, 0.2) is 5.78 Å². The molecule has 0 aromatic heterocycles. The lowest BCUT2D eigenvalue weighted by molar-refractivity contribution is -0.112. The standard InChI is InChI=1S/C11H23NOSi/c1-9(2)12-10(3)7-11(13)8-14(4,5)6/h7,9,12H,8H2,1-6H3/b10-7-. The Labute approximate surface area is 88.8 Å². The molecule has 0 amide bonds. The van der Waals surface area contributed by atoms with Gasteiger partial charge in [-0.1, -0.05) is 19.6 Å². The van der Waals surface area contributed by atoms with Crippen LogP contribution in [0.1, 0.15) is 20.8 Å². The van der Waals surface area contributed by atoms with Crippen LogP contribution in [0.15, 0.2) is 11.8 Å². The summed E-state index contributed by atoms with van der Waals surface area (Å²) in [5.74, 6) is 0.259. The van der Waals surface area contributed by atoms with Crippen molar-refractivity contribution in [3.63, 3.8) is 0 Å². The van der Waals surface area contributed by atoms with Gasteiger partial charge in [0, 0.05) is 17.8 Å². The van der Waals surface area contributed by atoms with Gasteiger partial charge >= 0.3 is 0 Å². The van der Waals surface area contributed by atoms with E-state index in [0.29, 0.717) is 6.04 Å². The van der Waals surface area contributed by atoms with Crippen molar-refractivity contribution in [2.75, 3.05) is 0 Å². The van der Waals surface area contributed by atoms with Crippen molar-refractivity contribution >= 4 is 13.9 Å². The molecule has 0 radical (unpaired) electrons. The second-order valence-electron chi connectivity index (χ2n) is 5.33. The van der Waals surface area contributed by atoms with Crippen molar-refractivity contribution in [1.29, 1.82) is 0 Å². The van der Waals surface area contributed by atoms with Crippen molar-refractivity contribution in [1.82, 2.24) is 5.32 Å². The Kier molecular flexibility index (Phi) is 5.12. The minimum Gasteiger partial charge on any atom is -0.386 e. The normalized spacial score (nSPS) is 13.2. The predicted molar refractivity (Wildman–Crippen MR) is 65.2 cm³/mol. The topological polar surface area (TPSA) is 29.1 Å². The molecule has 0 rings (SSSR count). The third-order valence-electron chi connectivity index (χ3n) is 1.60. The first-order valence-corrected chi connectivity index (χ1v) is 8.89. The first kappa shape index (κ1) is 13.4. The number of carbonyl (C=O) groups is 1. The summed E-state index contributed by atoms with van der Waals surface area (Å²) in [6.07, 6.45) is 1.73. The van der Waals surface area contributed by atoms with Crippen molar-refractivity contribution in [3.05, 3.63) is 11.8 Å². The maximum Gasteiger partial charge on any atom is 0.154 e. The van der Waals surface area contributed by atoms with E-state index in [1.54, 1.807) is 6.08 Å². The van der Waals surface area contributed by atoms with Gasteiger partial charge in [-0.05, 0) is 26.8 Å². The average molecular weight is 213 g/mol. The van der Waals surface area contributed by atoms with Crippen molar-refractivity contribution in [3.8, 4) is 0 Å². The lowest BCUT2D eigenvalue weighted by Gasteiger charge is -2.14. The Bertz CT molecular complexity index is 226. The maximum absolute atomic E-state index is 11.6. The van der Waals surface area contributed by atoms with E-state index < -0.39 is 8.07 Å². The Morgan fingerprint density at radius 3 is 2.21 bits per heavy atom. The van der Waals surface area contributed by atoms with E-state index in [1.807, 2.05) is 6.92 Å². The molecule has 2 nitrogen and oxygen atoms in total. The van der Waals surface area contributed by atoms with Crippen LogP contribution < -0.4 is 5.32 Å². The van der Waals surface area contributed by atoms with E-state index in [1.165, 1.54) is 0 Å². The fourth-order valence-corrected chi connectivity index (χ4v) is 2.46. The summed E-state index contributed by atoms with van der Waals surface area (Å²) in [5.41, 5.74) is 0.975. The van der Waals surface area contributed by atoms with Gasteiger partial charge in [-0.3, -0.25) is 4.79 Å². The highest BCUT2D eigenvalue weighted by Crippen LogP contribution is 2.09. The second kappa shape index (κ2) is 5.34. The van der Waals surface area contributed by atoms with Gasteiger partial charge in [0.05, 0.1) is 8.07 Å². The molecule has 0 aliphatic carbocycles. The molecule has 0 aliphatic rings. The van der Waals surface area contributed by atoms with Crippen molar-refractivity contribution in [2.24, 2.45) is 0 Å². The van der Waals surface area contributed by atoms with Gasteiger partial charge in [0.2, 0.25) is 0 Å². The minimum absolute atomic E-state index is 0.259. The number of allylic oxidation sites excluding steroid dienone is 2. The van der Waals surface area contributed by atoms with E-state index >= 15 is 0 Å². The summed E-state index contributed by atoms with van der Waals surface area (Å²) < 4.78 is 0. The molecule has 0 aromatic rings. The van der Waals surface area contributed by atoms with Crippen LogP contribution in [-0.4, -0.2) is 19.9 Å². The van der Waals surface area contributed by atoms with E-state index in [2.05, 4.69) is 38.8 Å². The fraction of sp³-hybridized carbons (Fsp3) is 0.727. The number of hydrogen-bond donors (Lipinski definition) is 1. The molecule has 0 bridgehead atoms. The van der Waals surface area contributed by atoms with Gasteiger partial charge in [-0.25, -0.2) is 0 Å². The molecule has 0 spiro atoms. The van der Waals surface area contributed by atoms with Crippen molar-refractivity contribution in [2.45, 2.75) is 52.5 Å². The van der Waals surface area contributed by atoms with Crippen LogP contribution in [-0.2, 0) is 4.79 Å². The smallest absolute Gasteiger partial charge is 0.154 e. The van der Waals surface area contributed by atoms with E-state index in [-0.39, 0.29) is 5.78 Å². The Hall–Kier alpha value is -0.573. The summed E-state index contributed by atoms with van der Waals surface area (Å²) in [5, 5.41) is 3.22. The molecule has 1 N–H and O–H groups in total. The van der Waals surface area contributed by atoms with Crippen LogP contribution in [0.2, 0.25) is 25.7 Å². The highest BCUT2D eigenvalue weighted by atomic mass is 28.3. The van der Waals surface area contributed by atoms with E-state index in [0.717, 1.165) is 11.7 Å². The first-order chi connectivity index (χ1) is 6.20. The molecule has 0 heterocycles. The minimum atomic E-state index is -1.25. The lowest BCUT2D eigenvalue weighted by atomic mass is 10.3. The quantitative estimate of drug-likeness (QED) is 0.562. The van der Waals surface area contributed by atoms with E-state index in [4.69, 9.17) is 0 Å². The number of rotatable bonds is 5. The molecule has 0 aliphatic heterocycles. The van der Waals surface area contributed by atoms with Crippen LogP contribution in [0, 0.1) is 0 Å². The van der Waals surface area contributed by atoms with Crippen LogP contribution in [0.3, 0.4) is 0 Å². The van der Waals surface area contributed by atoms with Gasteiger partial charge < -0.3 is 5.32 Å². The zero-order valence-electron chi connectivity index (χ0n) is 10.3. The summed E-state index contributed by atoms with van der Waals surface area (Å²) in [6.45, 7) is 12.7. The Morgan fingerprint density at radius 1 is 1.36 bits per heavy atom. The maximum atomic E-state index is 11.6. The SMILES string of the molecule is C/C(=C/C(=O)C[Si](C)(C)C)NC(C)C. The third kappa shape index (κ3) is 8.04. The van der Waals surface area contributed by atoms with Crippen LogP contribution in [0.5, 0.6) is 0 Å². The molecule has 0 unspecified atom stereocenters. The first-order valence-electron chi connectivity index (χ1n) is 5.18. The highest BCUT2D eigenvalue weighted by molar-refractivity contribution is 6.79. The molecule has 0 fully saturated rings. The average Bonchev–Trinajstić information content (AvgIpc) is 1.77. The van der Waals surface area contributed by atoms with Gasteiger partial charge in [0.25, 0.3) is 0 Å². The van der Waals surface area contributed by atoms with Crippen LogP contribution >= 0.6 is 0 Å². The predicted octanol–water partition coefficient (Wildman–Crippen LogP) is 2.80. The molecule has 0 atom stereocenters. The van der Waals surface area contributed by atoms with Gasteiger partial charge in [-0.2, -0.15) is 0 Å². The number of carbonyl (C=O) groups excluding carboxylic acids is 1. The highest BCUT2D eigenvalue weighted by Gasteiger charge is 2.16. The number of ketones is 1. The molecule has 0 saturated heterocycles. The summed E-state index contributed by atoms with van der Waals surface area (Å²) in [6, 6.07) is 1.13. The largest absolute Gasteiger partial charge is 0.386 e. The molecule has 82 valence electrons. The van der Waals surface area contributed by atoms with E-state index in [9.17, 15) is 4.79 Å².